The number of nitrogens with zero attached hydrogens (tertiary/aromatic N) is 3. The summed E-state index contributed by atoms with van der Waals surface area (Å²) in [4.78, 5) is 0. The summed E-state index contributed by atoms with van der Waals surface area (Å²) in [6.45, 7) is 9.99. The Labute approximate surface area is 92.4 Å². The summed E-state index contributed by atoms with van der Waals surface area (Å²) in [7, 11) is 1.92. The third kappa shape index (κ3) is 2.78. The number of rotatable bonds is 4. The van der Waals surface area contributed by atoms with E-state index in [4.69, 9.17) is 0 Å². The molecule has 0 radical (unpaired) electrons. The van der Waals surface area contributed by atoms with Crippen molar-refractivity contribution >= 4 is 12.6 Å². The first kappa shape index (κ1) is 12.2. The first-order valence-corrected chi connectivity index (χ1v) is 5.60. The molecule has 0 amide bonds. The van der Waals surface area contributed by atoms with Gasteiger partial charge < -0.3 is 0 Å². The quantitative estimate of drug-likeness (QED) is 0.437. The van der Waals surface area contributed by atoms with Crippen molar-refractivity contribution in [1.82, 2.24) is 10.4 Å². The number of nitrogens with one attached hydrogen (secondary N) is 1. The predicted octanol–water partition coefficient (Wildman–Crippen LogP) is 1.89. The van der Waals surface area contributed by atoms with Crippen LogP contribution >= 0.6 is 0 Å². The second-order valence-electron chi connectivity index (χ2n) is 4.56. The highest BCUT2D eigenvalue weighted by molar-refractivity contribution is 5.85. The van der Waals surface area contributed by atoms with Crippen molar-refractivity contribution in [1.29, 1.82) is 0 Å². The predicted molar refractivity (Wildman–Crippen MR) is 64.9 cm³/mol. The third-order valence-electron chi connectivity index (χ3n) is 2.92. The molecular formula is C11H22N4. The van der Waals surface area contributed by atoms with Gasteiger partial charge in [-0.2, -0.15) is 5.10 Å². The zero-order chi connectivity index (χ0) is 11.4. The zero-order valence-electron chi connectivity index (χ0n) is 10.2. The fraction of sp³-hybridized carbons (Fsp3) is 0.818. The summed E-state index contributed by atoms with van der Waals surface area (Å²) in [5.41, 5.74) is 3.17. The monoisotopic (exact) mass is 210 g/mol. The summed E-state index contributed by atoms with van der Waals surface area (Å²) in [5.74, 6) is 2.39. The Kier molecular flexibility index (Phi) is 4.27. The standard InChI is InChI=1S/C11H22N4/c1-8(2)15(13-5)11(14-12-4)10-6-9(3)7-10/h8-10,13H,4,6-7H2,1-3,5H3/b14-11-. The molecule has 1 fully saturated rings. The van der Waals surface area contributed by atoms with Gasteiger partial charge >= 0.3 is 0 Å². The molecule has 0 heterocycles. The molecule has 0 aliphatic heterocycles. The van der Waals surface area contributed by atoms with Gasteiger partial charge in [0.1, 0.15) is 5.84 Å². The van der Waals surface area contributed by atoms with Gasteiger partial charge in [0, 0.05) is 25.7 Å². The second-order valence-corrected chi connectivity index (χ2v) is 4.56. The van der Waals surface area contributed by atoms with Crippen molar-refractivity contribution in [3.63, 3.8) is 0 Å². The van der Waals surface area contributed by atoms with Crippen LogP contribution in [-0.4, -0.2) is 30.7 Å². The van der Waals surface area contributed by atoms with E-state index in [-0.39, 0.29) is 0 Å². The highest BCUT2D eigenvalue weighted by Crippen LogP contribution is 2.35. The van der Waals surface area contributed by atoms with E-state index >= 15 is 0 Å². The van der Waals surface area contributed by atoms with Crippen molar-refractivity contribution in [2.45, 2.75) is 39.7 Å². The molecule has 4 nitrogen and oxygen atoms in total. The fourth-order valence-electron chi connectivity index (χ4n) is 2.15. The van der Waals surface area contributed by atoms with Crippen LogP contribution in [0.1, 0.15) is 33.6 Å². The zero-order valence-corrected chi connectivity index (χ0v) is 10.2. The number of amidine groups is 1. The van der Waals surface area contributed by atoms with Crippen molar-refractivity contribution in [2.75, 3.05) is 7.05 Å². The van der Waals surface area contributed by atoms with Crippen LogP contribution in [0.2, 0.25) is 0 Å². The molecule has 1 saturated carbocycles. The smallest absolute Gasteiger partial charge is 0.145 e. The molecule has 86 valence electrons. The molecule has 0 spiro atoms. The largest absolute Gasteiger partial charge is 0.292 e. The molecule has 1 N–H and O–H groups in total. The number of hydrogen-bond acceptors (Lipinski definition) is 3. The molecular weight excluding hydrogens is 188 g/mol. The van der Waals surface area contributed by atoms with Crippen LogP contribution in [0.4, 0.5) is 0 Å². The summed E-state index contributed by atoms with van der Waals surface area (Å²) in [6, 6.07) is 0.381. The number of hydrazine groups is 1. The Morgan fingerprint density at radius 2 is 2.07 bits per heavy atom. The normalized spacial score (nSPS) is 26.3. The van der Waals surface area contributed by atoms with E-state index in [0.29, 0.717) is 12.0 Å². The Balaban J connectivity index is 2.73. The molecule has 0 unspecified atom stereocenters. The van der Waals surface area contributed by atoms with Crippen LogP contribution in [-0.2, 0) is 0 Å². The van der Waals surface area contributed by atoms with Gasteiger partial charge in [-0.3, -0.25) is 5.01 Å². The van der Waals surface area contributed by atoms with E-state index in [9.17, 15) is 0 Å². The Bertz CT molecular complexity index is 241. The Morgan fingerprint density at radius 3 is 2.40 bits per heavy atom. The van der Waals surface area contributed by atoms with Gasteiger partial charge in [-0.25, -0.2) is 5.43 Å². The lowest BCUT2D eigenvalue weighted by Crippen LogP contribution is -2.50. The maximum absolute atomic E-state index is 4.17. The average molecular weight is 210 g/mol. The highest BCUT2D eigenvalue weighted by atomic mass is 15.5. The third-order valence-corrected chi connectivity index (χ3v) is 2.92. The highest BCUT2D eigenvalue weighted by Gasteiger charge is 2.33. The maximum atomic E-state index is 4.17. The van der Waals surface area contributed by atoms with Crippen molar-refractivity contribution in [2.24, 2.45) is 22.0 Å². The Morgan fingerprint density at radius 1 is 1.47 bits per heavy atom. The summed E-state index contributed by atoms with van der Waals surface area (Å²) >= 11 is 0. The van der Waals surface area contributed by atoms with Crippen LogP contribution in [0, 0.1) is 11.8 Å². The lowest BCUT2D eigenvalue weighted by atomic mass is 9.75. The van der Waals surface area contributed by atoms with Gasteiger partial charge in [-0.05, 0) is 32.6 Å². The van der Waals surface area contributed by atoms with Gasteiger partial charge in [-0.1, -0.05) is 6.92 Å². The van der Waals surface area contributed by atoms with Gasteiger partial charge in [0.05, 0.1) is 0 Å². The lowest BCUT2D eigenvalue weighted by Gasteiger charge is -2.39. The average Bonchev–Trinajstić information content (AvgIpc) is 2.12. The van der Waals surface area contributed by atoms with Gasteiger partial charge in [0.25, 0.3) is 0 Å². The van der Waals surface area contributed by atoms with Gasteiger partial charge in [-0.15, -0.1) is 5.10 Å². The van der Waals surface area contributed by atoms with Crippen LogP contribution < -0.4 is 5.43 Å². The molecule has 0 atom stereocenters. The molecule has 1 aliphatic rings. The molecule has 1 rings (SSSR count). The summed E-state index contributed by atoms with van der Waals surface area (Å²) < 4.78 is 0. The lowest BCUT2D eigenvalue weighted by molar-refractivity contribution is 0.211. The van der Waals surface area contributed by atoms with E-state index in [1.54, 1.807) is 0 Å². The van der Waals surface area contributed by atoms with Crippen LogP contribution in [0.15, 0.2) is 10.2 Å². The van der Waals surface area contributed by atoms with E-state index < -0.39 is 0 Å². The molecule has 0 bridgehead atoms. The SMILES string of the molecule is C=N/N=C(/C1CC(C)C1)N(NC)C(C)C. The number of hydrogen-bond donors (Lipinski definition) is 1. The first-order valence-electron chi connectivity index (χ1n) is 5.60. The van der Waals surface area contributed by atoms with Crippen LogP contribution in [0.25, 0.3) is 0 Å². The van der Waals surface area contributed by atoms with Gasteiger partial charge in [0.2, 0.25) is 0 Å². The first-order chi connectivity index (χ1) is 7.10. The minimum Gasteiger partial charge on any atom is -0.292 e. The molecule has 0 aromatic rings. The second kappa shape index (κ2) is 5.26. The maximum Gasteiger partial charge on any atom is 0.145 e. The van der Waals surface area contributed by atoms with Crippen molar-refractivity contribution in [3.05, 3.63) is 0 Å². The fourth-order valence-corrected chi connectivity index (χ4v) is 2.15. The van der Waals surface area contributed by atoms with Gasteiger partial charge in [0.15, 0.2) is 0 Å². The van der Waals surface area contributed by atoms with E-state index in [1.807, 2.05) is 7.05 Å². The molecule has 0 aromatic carbocycles. The molecule has 4 heteroatoms. The summed E-state index contributed by atoms with van der Waals surface area (Å²) in [5, 5.41) is 9.91. The molecule has 1 aliphatic carbocycles. The molecule has 15 heavy (non-hydrogen) atoms. The van der Waals surface area contributed by atoms with Crippen LogP contribution in [0.5, 0.6) is 0 Å². The topological polar surface area (TPSA) is 40.0 Å². The minimum atomic E-state index is 0.381. The molecule has 0 aromatic heterocycles. The van der Waals surface area contributed by atoms with Crippen LogP contribution in [0.3, 0.4) is 0 Å². The minimum absolute atomic E-state index is 0.381. The van der Waals surface area contributed by atoms with Crippen molar-refractivity contribution < 1.29 is 0 Å². The summed E-state index contributed by atoms with van der Waals surface area (Å²) in [6.07, 6.45) is 2.42. The Hall–Kier alpha value is -0.900. The van der Waals surface area contributed by atoms with E-state index in [0.717, 1.165) is 11.8 Å². The molecule has 0 saturated heterocycles. The van der Waals surface area contributed by atoms with E-state index in [2.05, 4.69) is 48.1 Å². The van der Waals surface area contributed by atoms with E-state index in [1.165, 1.54) is 12.8 Å². The van der Waals surface area contributed by atoms with Crippen molar-refractivity contribution in [3.8, 4) is 0 Å².